The van der Waals surface area contributed by atoms with Crippen molar-refractivity contribution in [1.29, 1.82) is 0 Å². The lowest BCUT2D eigenvalue weighted by atomic mass is 9.85. The summed E-state index contributed by atoms with van der Waals surface area (Å²) >= 11 is 11.0. The van der Waals surface area contributed by atoms with E-state index in [0.29, 0.717) is 0 Å². The second-order valence-electron chi connectivity index (χ2n) is 26.4. The predicted molar refractivity (Wildman–Crippen MR) is 370 cm³/mol. The monoisotopic (exact) mass is 1160 g/mol. The summed E-state index contributed by atoms with van der Waals surface area (Å²) in [6.45, 7) is 40.7. The second kappa shape index (κ2) is 25.9. The summed E-state index contributed by atoms with van der Waals surface area (Å²) in [7, 11) is 0. The zero-order chi connectivity index (χ0) is 56.8. The largest absolute Gasteiger partial charge is 0.144 e. The zero-order valence-electron chi connectivity index (χ0n) is 49.8. The van der Waals surface area contributed by atoms with Crippen LogP contribution < -0.4 is 0 Å². The Bertz CT molecular complexity index is 3570. The van der Waals surface area contributed by atoms with Gasteiger partial charge in [0.1, 0.15) is 0 Å². The molecule has 6 aromatic carbocycles. The molecular weight excluding hydrogens is 1070 g/mol. The highest BCUT2D eigenvalue weighted by Gasteiger charge is 2.20. The first-order chi connectivity index (χ1) is 36.5. The van der Waals surface area contributed by atoms with E-state index in [4.69, 9.17) is 0 Å². The third-order valence-electron chi connectivity index (χ3n) is 13.7. The Labute approximate surface area is 500 Å². The molecule has 0 aliphatic rings. The molecule has 0 bridgehead atoms. The summed E-state index contributed by atoms with van der Waals surface area (Å²) in [5.74, 6) is 0. The van der Waals surface area contributed by atoms with Crippen LogP contribution in [0.25, 0.3) is 60.5 Å². The molecule has 0 radical (unpaired) electrons. The molecule has 0 spiro atoms. The zero-order valence-corrected chi connectivity index (χ0v) is 54.7. The molecule has 12 rings (SSSR count). The number of benzene rings is 6. The quantitative estimate of drug-likeness (QED) is 0.142. The van der Waals surface area contributed by atoms with Crippen LogP contribution in [0.1, 0.15) is 165 Å². The lowest BCUT2D eigenvalue weighted by Crippen LogP contribution is -2.10. The predicted octanol–water partition coefficient (Wildman–Crippen LogP) is 25.8. The van der Waals surface area contributed by atoms with E-state index in [-0.39, 0.29) is 39.9 Å². The van der Waals surface area contributed by atoms with Crippen LogP contribution in [0.15, 0.2) is 179 Å². The fourth-order valence-corrected chi connectivity index (χ4v) is 14.8. The van der Waals surface area contributed by atoms with E-state index in [1.807, 2.05) is 56.7 Å². The Balaban J connectivity index is 0.000000153. The first-order valence-electron chi connectivity index (χ1n) is 27.3. The van der Waals surface area contributed by atoms with Crippen molar-refractivity contribution in [3.63, 3.8) is 0 Å². The van der Waals surface area contributed by atoms with Crippen LogP contribution in [-0.4, -0.2) is 0 Å². The Morgan fingerprint density at radius 1 is 0.278 bits per heavy atom. The molecule has 79 heavy (non-hydrogen) atoms. The Hall–Kier alpha value is -4.92. The van der Waals surface area contributed by atoms with Gasteiger partial charge in [-0.1, -0.05) is 217 Å². The Morgan fingerprint density at radius 2 is 0.747 bits per heavy atom. The molecule has 12 aromatic rings. The van der Waals surface area contributed by atoms with Gasteiger partial charge in [0, 0.05) is 33.1 Å². The van der Waals surface area contributed by atoms with Gasteiger partial charge in [-0.3, -0.25) is 0 Å². The van der Waals surface area contributed by atoms with Crippen molar-refractivity contribution in [3.05, 3.63) is 211 Å². The molecule has 0 N–H and O–H groups in total. The average Bonchev–Trinajstić information content (AvgIpc) is 4.23. The number of hydrogen-bond donors (Lipinski definition) is 0. The van der Waals surface area contributed by atoms with Gasteiger partial charge < -0.3 is 0 Å². The van der Waals surface area contributed by atoms with Crippen LogP contribution in [0, 0.1) is 0 Å². The summed E-state index contributed by atoms with van der Waals surface area (Å²) in [5.41, 5.74) is 8.78. The molecule has 0 aliphatic heterocycles. The highest BCUT2D eigenvalue weighted by molar-refractivity contribution is 7.19. The second-order valence-corrected chi connectivity index (χ2v) is 32.2. The third-order valence-corrected chi connectivity index (χ3v) is 19.8. The maximum Gasteiger partial charge on any atom is 0.0380 e. The van der Waals surface area contributed by atoms with Crippen molar-refractivity contribution in [1.82, 2.24) is 0 Å². The standard InChI is InChI=1S/6C12H14S.CH4/c1-12(2,3)10-4-5-11-9(8-10)6-7-13-11;1-12(2,3)10-5-4-9-6-7-13-11(9)8-10;1-12(2,3)10-5-4-6-11-9(10)7-8-13-11;1-12(2,3)10-6-4-5-9-7-8-13-11(9)10;1-12(2,3)10-8-13-11-7-5-4-6-9(10)11;1-12(2,3)11-8-9-6-4-5-7-10(9)13-11;/h6*4-8H,1-3H3;1H4. The summed E-state index contributed by atoms with van der Waals surface area (Å²) in [5, 5.41) is 19.2. The topological polar surface area (TPSA) is 0 Å². The SMILES string of the molecule is C.CC(C)(C)c1cc2ccccc2s1.CC(C)(C)c1ccc2ccsc2c1.CC(C)(C)c1ccc2sccc2c1.CC(C)(C)c1cccc2ccsc12.CC(C)(C)c1cccc2sccc12.CC(C)(C)c1csc2ccccc12. The fourth-order valence-electron chi connectivity index (χ4n) is 9.00. The number of thiophene rings is 6. The average molecular weight is 1160 g/mol. The van der Waals surface area contributed by atoms with E-state index in [1.54, 1.807) is 11.3 Å². The van der Waals surface area contributed by atoms with Gasteiger partial charge in [0.25, 0.3) is 0 Å². The number of hydrogen-bond acceptors (Lipinski definition) is 6. The molecule has 0 unspecified atom stereocenters. The van der Waals surface area contributed by atoms with Gasteiger partial charge in [0.05, 0.1) is 0 Å². The van der Waals surface area contributed by atoms with Crippen LogP contribution in [-0.2, 0) is 32.5 Å². The molecule has 0 saturated heterocycles. The van der Waals surface area contributed by atoms with E-state index in [2.05, 4.69) is 303 Å². The van der Waals surface area contributed by atoms with E-state index in [1.165, 1.54) is 93.2 Å². The van der Waals surface area contributed by atoms with Crippen molar-refractivity contribution in [3.8, 4) is 0 Å². The van der Waals surface area contributed by atoms with Gasteiger partial charge in [0.15, 0.2) is 0 Å². The molecule has 0 amide bonds. The minimum absolute atomic E-state index is 0. The van der Waals surface area contributed by atoms with Gasteiger partial charge in [-0.15, -0.1) is 68.0 Å². The van der Waals surface area contributed by atoms with Crippen LogP contribution >= 0.6 is 68.0 Å². The van der Waals surface area contributed by atoms with Gasteiger partial charge in [-0.25, -0.2) is 0 Å². The van der Waals surface area contributed by atoms with Crippen molar-refractivity contribution in [2.45, 2.75) is 165 Å². The molecule has 6 aromatic heterocycles. The molecule has 416 valence electrons. The Kier molecular flexibility index (Phi) is 20.7. The highest BCUT2D eigenvalue weighted by atomic mass is 32.1. The minimum Gasteiger partial charge on any atom is -0.144 e. The minimum atomic E-state index is 0. The molecule has 0 atom stereocenters. The van der Waals surface area contributed by atoms with Crippen molar-refractivity contribution in [2.24, 2.45) is 0 Å². The fraction of sp³-hybridized carbons (Fsp3) is 0.342. The maximum absolute atomic E-state index is 2.31. The molecule has 0 aliphatic carbocycles. The van der Waals surface area contributed by atoms with Crippen LogP contribution in [0.3, 0.4) is 0 Å². The first kappa shape index (κ1) is 63.3. The highest BCUT2D eigenvalue weighted by Crippen LogP contribution is 2.37. The number of fused-ring (bicyclic) bond motifs is 6. The molecule has 0 fully saturated rings. The first-order valence-corrected chi connectivity index (χ1v) is 32.5. The summed E-state index contributed by atoms with van der Waals surface area (Å²) in [6, 6.07) is 54.9. The van der Waals surface area contributed by atoms with Crippen molar-refractivity contribution in [2.75, 3.05) is 0 Å². The van der Waals surface area contributed by atoms with Crippen LogP contribution in [0.5, 0.6) is 0 Å². The van der Waals surface area contributed by atoms with Gasteiger partial charge in [-0.2, -0.15) is 0 Å². The van der Waals surface area contributed by atoms with E-state index in [0.717, 1.165) is 0 Å². The Morgan fingerprint density at radius 3 is 1.39 bits per heavy atom. The van der Waals surface area contributed by atoms with Gasteiger partial charge in [0.2, 0.25) is 0 Å². The van der Waals surface area contributed by atoms with E-state index in [9.17, 15) is 0 Å². The summed E-state index contributed by atoms with van der Waals surface area (Å²) in [6.07, 6.45) is 0. The van der Waals surface area contributed by atoms with Crippen molar-refractivity contribution < 1.29 is 0 Å². The molecule has 6 heteroatoms. The van der Waals surface area contributed by atoms with Gasteiger partial charge >= 0.3 is 0 Å². The molecule has 6 heterocycles. The van der Waals surface area contributed by atoms with E-state index >= 15 is 0 Å². The van der Waals surface area contributed by atoms with E-state index < -0.39 is 0 Å². The molecular formula is C73H88S6. The van der Waals surface area contributed by atoms with Crippen molar-refractivity contribution >= 4 is 129 Å². The van der Waals surface area contributed by atoms with Crippen LogP contribution in [0.4, 0.5) is 0 Å². The summed E-state index contributed by atoms with van der Waals surface area (Å²) in [4.78, 5) is 1.47. The molecule has 0 saturated carbocycles. The number of rotatable bonds is 0. The lowest BCUT2D eigenvalue weighted by molar-refractivity contribution is 0.591. The van der Waals surface area contributed by atoms with Crippen LogP contribution in [0.2, 0.25) is 0 Å². The lowest BCUT2D eigenvalue weighted by Gasteiger charge is -2.19. The van der Waals surface area contributed by atoms with Gasteiger partial charge in [-0.05, 0) is 186 Å². The molecule has 0 nitrogen and oxygen atoms in total. The third kappa shape index (κ3) is 16.8. The normalized spacial score (nSPS) is 12.1. The smallest absolute Gasteiger partial charge is 0.0380 e. The maximum atomic E-state index is 2.31. The summed E-state index contributed by atoms with van der Waals surface area (Å²) < 4.78 is 8.41.